The van der Waals surface area contributed by atoms with Gasteiger partial charge in [-0.25, -0.2) is 10.2 Å². The number of esters is 1. The zero-order valence-electron chi connectivity index (χ0n) is 16.0. The predicted octanol–water partition coefficient (Wildman–Crippen LogP) is 3.64. The van der Waals surface area contributed by atoms with Crippen LogP contribution in [0.3, 0.4) is 0 Å². The molecule has 0 saturated carbocycles. The summed E-state index contributed by atoms with van der Waals surface area (Å²) in [6.07, 6.45) is 1.52. The average molecular weight is 375 g/mol. The summed E-state index contributed by atoms with van der Waals surface area (Å²) in [7, 11) is 1.34. The van der Waals surface area contributed by atoms with Crippen molar-refractivity contribution in [1.82, 2.24) is 9.99 Å². The van der Waals surface area contributed by atoms with E-state index in [1.54, 1.807) is 24.3 Å². The number of hydrogen-bond donors (Lipinski definition) is 1. The molecule has 0 aliphatic rings. The lowest BCUT2D eigenvalue weighted by Gasteiger charge is -2.09. The van der Waals surface area contributed by atoms with Crippen molar-refractivity contribution in [2.45, 2.75) is 13.8 Å². The summed E-state index contributed by atoms with van der Waals surface area (Å²) >= 11 is 0. The van der Waals surface area contributed by atoms with Crippen molar-refractivity contribution in [3.05, 3.63) is 88.7 Å². The van der Waals surface area contributed by atoms with Crippen LogP contribution in [-0.2, 0) is 4.74 Å². The van der Waals surface area contributed by atoms with Gasteiger partial charge in [-0.1, -0.05) is 30.3 Å². The van der Waals surface area contributed by atoms with Crippen LogP contribution >= 0.6 is 0 Å². The first-order valence-electron chi connectivity index (χ1n) is 8.77. The van der Waals surface area contributed by atoms with Gasteiger partial charge in [-0.05, 0) is 49.7 Å². The van der Waals surface area contributed by atoms with Gasteiger partial charge < -0.3 is 9.30 Å². The third-order valence-electron chi connectivity index (χ3n) is 4.40. The zero-order valence-corrected chi connectivity index (χ0v) is 16.0. The van der Waals surface area contributed by atoms with Crippen LogP contribution in [0.4, 0.5) is 0 Å². The fraction of sp³-hybridized carbons (Fsp3) is 0.136. The maximum Gasteiger partial charge on any atom is 0.337 e. The second kappa shape index (κ2) is 8.35. The Morgan fingerprint density at radius 2 is 1.71 bits per heavy atom. The molecule has 0 fully saturated rings. The Bertz CT molecular complexity index is 1020. The van der Waals surface area contributed by atoms with E-state index in [0.717, 1.165) is 22.6 Å². The summed E-state index contributed by atoms with van der Waals surface area (Å²) in [6, 6.07) is 18.5. The van der Waals surface area contributed by atoms with Crippen LogP contribution in [0, 0.1) is 13.8 Å². The molecule has 2 aromatic carbocycles. The van der Waals surface area contributed by atoms with Crippen LogP contribution in [-0.4, -0.2) is 29.8 Å². The predicted molar refractivity (Wildman–Crippen MR) is 108 cm³/mol. The minimum absolute atomic E-state index is 0.280. The first-order chi connectivity index (χ1) is 13.5. The van der Waals surface area contributed by atoms with Gasteiger partial charge in [0.1, 0.15) is 0 Å². The Balaban J connectivity index is 1.72. The molecule has 1 N–H and O–H groups in total. The summed E-state index contributed by atoms with van der Waals surface area (Å²) < 4.78 is 6.69. The molecule has 1 aromatic heterocycles. The minimum Gasteiger partial charge on any atom is -0.465 e. The topological polar surface area (TPSA) is 72.7 Å². The molecule has 6 nitrogen and oxygen atoms in total. The number of methoxy groups -OCH3 is 1. The smallest absolute Gasteiger partial charge is 0.337 e. The first kappa shape index (κ1) is 19.1. The number of nitrogens with zero attached hydrogens (tertiary/aromatic N) is 2. The van der Waals surface area contributed by atoms with E-state index in [1.165, 1.54) is 13.3 Å². The number of aromatic nitrogens is 1. The molecule has 6 heteroatoms. The summed E-state index contributed by atoms with van der Waals surface area (Å²) in [5, 5.41) is 4.02. The number of hydrazone groups is 1. The van der Waals surface area contributed by atoms with Gasteiger partial charge in [0.05, 0.1) is 24.5 Å². The van der Waals surface area contributed by atoms with Crippen LogP contribution in [0.5, 0.6) is 0 Å². The number of carbonyl (C=O) groups is 2. The molecule has 3 aromatic rings. The number of aryl methyl sites for hydroxylation is 1. The van der Waals surface area contributed by atoms with Crippen molar-refractivity contribution in [3.8, 4) is 5.69 Å². The van der Waals surface area contributed by atoms with E-state index in [1.807, 2.05) is 54.8 Å². The van der Waals surface area contributed by atoms with Crippen molar-refractivity contribution >= 4 is 18.1 Å². The van der Waals surface area contributed by atoms with Crippen LogP contribution < -0.4 is 5.43 Å². The van der Waals surface area contributed by atoms with Crippen LogP contribution in [0.1, 0.15) is 37.7 Å². The van der Waals surface area contributed by atoms with Gasteiger partial charge in [0, 0.05) is 17.1 Å². The molecule has 3 rings (SSSR count). The van der Waals surface area contributed by atoms with Crippen molar-refractivity contribution in [3.63, 3.8) is 0 Å². The number of nitrogens with one attached hydrogen (secondary N) is 1. The average Bonchev–Trinajstić information content (AvgIpc) is 3.02. The first-order valence-corrected chi connectivity index (χ1v) is 8.77. The molecule has 0 bridgehead atoms. The van der Waals surface area contributed by atoms with Gasteiger partial charge in [-0.3, -0.25) is 4.79 Å². The fourth-order valence-corrected chi connectivity index (χ4v) is 3.02. The highest BCUT2D eigenvalue weighted by Crippen LogP contribution is 2.20. The number of rotatable bonds is 5. The highest BCUT2D eigenvalue weighted by Gasteiger charge is 2.16. The van der Waals surface area contributed by atoms with Crippen LogP contribution in [0.15, 0.2) is 65.8 Å². The molecule has 0 spiro atoms. The second-order valence-electron chi connectivity index (χ2n) is 6.27. The maximum atomic E-state index is 12.5. The Kier molecular flexibility index (Phi) is 5.69. The van der Waals surface area contributed by atoms with Crippen molar-refractivity contribution < 1.29 is 14.3 Å². The van der Waals surface area contributed by atoms with Gasteiger partial charge >= 0.3 is 5.97 Å². The second-order valence-corrected chi connectivity index (χ2v) is 6.27. The molecular weight excluding hydrogens is 354 g/mol. The van der Waals surface area contributed by atoms with E-state index in [4.69, 9.17) is 0 Å². The highest BCUT2D eigenvalue weighted by atomic mass is 16.5. The Hall–Kier alpha value is -3.67. The van der Waals surface area contributed by atoms with Gasteiger partial charge in [0.15, 0.2) is 0 Å². The number of hydrogen-bond acceptors (Lipinski definition) is 4. The third kappa shape index (κ3) is 4.01. The lowest BCUT2D eigenvalue weighted by molar-refractivity contribution is 0.0600. The molecule has 0 atom stereocenters. The molecule has 0 unspecified atom stereocenters. The lowest BCUT2D eigenvalue weighted by atomic mass is 10.1. The Labute approximate surface area is 163 Å². The molecule has 0 aliphatic carbocycles. The zero-order chi connectivity index (χ0) is 20.1. The molecule has 0 aliphatic heterocycles. The SMILES string of the molecule is COC(=O)c1ccc(/C=N\NC(=O)c2cc(C)n(-c3ccccc3)c2C)cc1. The van der Waals surface area contributed by atoms with Gasteiger partial charge in [0.25, 0.3) is 5.91 Å². The molecule has 1 heterocycles. The van der Waals surface area contributed by atoms with Gasteiger partial charge in [0.2, 0.25) is 0 Å². The highest BCUT2D eigenvalue weighted by molar-refractivity contribution is 5.96. The number of benzene rings is 2. The normalized spacial score (nSPS) is 10.8. The molecule has 1 amide bonds. The van der Waals surface area contributed by atoms with E-state index < -0.39 is 5.97 Å². The number of carbonyl (C=O) groups excluding carboxylic acids is 2. The Morgan fingerprint density at radius 3 is 2.36 bits per heavy atom. The largest absolute Gasteiger partial charge is 0.465 e. The van der Waals surface area contributed by atoms with E-state index in [0.29, 0.717) is 11.1 Å². The van der Waals surface area contributed by atoms with Crippen molar-refractivity contribution in [2.75, 3.05) is 7.11 Å². The number of amides is 1. The monoisotopic (exact) mass is 375 g/mol. The molecular formula is C22H21N3O3. The Morgan fingerprint density at radius 1 is 1.04 bits per heavy atom. The molecule has 142 valence electrons. The summed E-state index contributed by atoms with van der Waals surface area (Å²) in [4.78, 5) is 24.0. The quantitative estimate of drug-likeness (QED) is 0.420. The van der Waals surface area contributed by atoms with Gasteiger partial charge in [-0.2, -0.15) is 5.10 Å². The molecule has 28 heavy (non-hydrogen) atoms. The summed E-state index contributed by atoms with van der Waals surface area (Å²) in [5.74, 6) is -0.678. The van der Waals surface area contributed by atoms with Crippen molar-refractivity contribution in [2.24, 2.45) is 5.10 Å². The van der Waals surface area contributed by atoms with E-state index in [9.17, 15) is 9.59 Å². The lowest BCUT2D eigenvalue weighted by Crippen LogP contribution is -2.18. The van der Waals surface area contributed by atoms with Crippen molar-refractivity contribution in [1.29, 1.82) is 0 Å². The fourth-order valence-electron chi connectivity index (χ4n) is 3.02. The van der Waals surface area contributed by atoms with Crippen LogP contribution in [0.25, 0.3) is 5.69 Å². The molecule has 0 saturated heterocycles. The number of ether oxygens (including phenoxy) is 1. The minimum atomic E-state index is -0.398. The van der Waals surface area contributed by atoms with Crippen LogP contribution in [0.2, 0.25) is 0 Å². The maximum absolute atomic E-state index is 12.5. The van der Waals surface area contributed by atoms with E-state index in [2.05, 4.69) is 15.3 Å². The molecule has 0 radical (unpaired) electrons. The van der Waals surface area contributed by atoms with E-state index >= 15 is 0 Å². The van der Waals surface area contributed by atoms with E-state index in [-0.39, 0.29) is 5.91 Å². The summed E-state index contributed by atoms with van der Waals surface area (Å²) in [5.41, 5.74) is 7.15. The summed E-state index contributed by atoms with van der Waals surface area (Å²) in [6.45, 7) is 3.87. The van der Waals surface area contributed by atoms with Gasteiger partial charge in [-0.15, -0.1) is 0 Å². The number of para-hydroxylation sites is 1. The standard InChI is InChI=1S/C22H21N3O3/c1-15-13-20(16(2)25(15)19-7-5-4-6-8-19)21(26)24-23-14-17-9-11-18(12-10-17)22(27)28-3/h4-14H,1-3H3,(H,24,26)/b23-14-. The third-order valence-corrected chi connectivity index (χ3v) is 4.40.